The molecule has 1 heterocycles. The summed E-state index contributed by atoms with van der Waals surface area (Å²) in [6.45, 7) is 1.05. The fraction of sp³-hybridized carbons (Fsp3) is 0.333. The van der Waals surface area contributed by atoms with Crippen molar-refractivity contribution in [3.8, 4) is 0 Å². The zero-order chi connectivity index (χ0) is 13.1. The van der Waals surface area contributed by atoms with Crippen LogP contribution in [-0.4, -0.2) is 37.3 Å². The monoisotopic (exact) mass is 250 g/mol. The van der Waals surface area contributed by atoms with Gasteiger partial charge in [-0.15, -0.1) is 0 Å². The first-order valence-electron chi connectivity index (χ1n) is 5.55. The van der Waals surface area contributed by atoms with Gasteiger partial charge in [0.1, 0.15) is 0 Å². The summed E-state index contributed by atoms with van der Waals surface area (Å²) >= 11 is 0. The van der Waals surface area contributed by atoms with Gasteiger partial charge in [-0.2, -0.15) is 0 Å². The standard InChI is InChI=1S/C12H14N2O4/c1-18-11(16)10(15)8-4-2-3-5-9(8)14-7-6-13-12(14)17/h2-5,10,15H,6-7H2,1H3,(H,13,17). The van der Waals surface area contributed by atoms with Crippen molar-refractivity contribution in [3.63, 3.8) is 0 Å². The van der Waals surface area contributed by atoms with Crippen LogP contribution < -0.4 is 10.2 Å². The molecule has 0 aromatic heterocycles. The molecule has 2 amide bonds. The first kappa shape index (κ1) is 12.4. The molecule has 1 saturated heterocycles. The lowest BCUT2D eigenvalue weighted by Crippen LogP contribution is -2.29. The van der Waals surface area contributed by atoms with E-state index in [1.165, 1.54) is 12.0 Å². The summed E-state index contributed by atoms with van der Waals surface area (Å²) in [5.41, 5.74) is 0.881. The third-order valence-corrected chi connectivity index (χ3v) is 2.80. The number of aliphatic hydroxyl groups is 1. The Hall–Kier alpha value is -2.08. The van der Waals surface area contributed by atoms with Crippen LogP contribution in [0.1, 0.15) is 11.7 Å². The van der Waals surface area contributed by atoms with Gasteiger partial charge in [-0.1, -0.05) is 18.2 Å². The molecule has 0 aliphatic carbocycles. The molecule has 1 aromatic rings. The quantitative estimate of drug-likeness (QED) is 0.762. The van der Waals surface area contributed by atoms with Gasteiger partial charge < -0.3 is 15.2 Å². The topological polar surface area (TPSA) is 78.9 Å². The van der Waals surface area contributed by atoms with Gasteiger partial charge in [-0.25, -0.2) is 9.59 Å². The molecule has 0 spiro atoms. The minimum atomic E-state index is -1.39. The number of ether oxygens (including phenoxy) is 1. The van der Waals surface area contributed by atoms with Gasteiger partial charge in [0.25, 0.3) is 0 Å². The number of nitrogens with one attached hydrogen (secondary N) is 1. The molecule has 96 valence electrons. The molecule has 1 atom stereocenters. The lowest BCUT2D eigenvalue weighted by Gasteiger charge is -2.20. The molecule has 1 aromatic carbocycles. The zero-order valence-electron chi connectivity index (χ0n) is 9.92. The van der Waals surface area contributed by atoms with Gasteiger partial charge >= 0.3 is 12.0 Å². The fourth-order valence-corrected chi connectivity index (χ4v) is 1.90. The third-order valence-electron chi connectivity index (χ3n) is 2.80. The number of para-hydroxylation sites is 1. The Morgan fingerprint density at radius 2 is 2.22 bits per heavy atom. The summed E-state index contributed by atoms with van der Waals surface area (Å²) in [5, 5.41) is 12.6. The van der Waals surface area contributed by atoms with E-state index in [1.54, 1.807) is 24.3 Å². The summed E-state index contributed by atoms with van der Waals surface area (Å²) < 4.78 is 4.50. The molecule has 2 N–H and O–H groups in total. The fourth-order valence-electron chi connectivity index (χ4n) is 1.90. The summed E-state index contributed by atoms with van der Waals surface area (Å²) in [7, 11) is 1.21. The Balaban J connectivity index is 2.36. The van der Waals surface area contributed by atoms with Gasteiger partial charge in [0.15, 0.2) is 6.10 Å². The molecule has 0 saturated carbocycles. The van der Waals surface area contributed by atoms with Crippen LogP contribution in [0.5, 0.6) is 0 Å². The molecule has 0 radical (unpaired) electrons. The predicted molar refractivity (Wildman–Crippen MR) is 64.2 cm³/mol. The lowest BCUT2D eigenvalue weighted by molar-refractivity contribution is -0.150. The maximum absolute atomic E-state index is 11.6. The van der Waals surface area contributed by atoms with Crippen LogP contribution in [0.15, 0.2) is 24.3 Å². The predicted octanol–water partition coefficient (Wildman–Crippen LogP) is 0.423. The van der Waals surface area contributed by atoms with Crippen molar-refractivity contribution in [2.24, 2.45) is 0 Å². The van der Waals surface area contributed by atoms with Crippen LogP contribution >= 0.6 is 0 Å². The maximum atomic E-state index is 11.6. The highest BCUT2D eigenvalue weighted by atomic mass is 16.5. The molecule has 18 heavy (non-hydrogen) atoms. The summed E-state index contributed by atoms with van der Waals surface area (Å²) in [5.74, 6) is -0.748. The molecule has 1 fully saturated rings. The van der Waals surface area contributed by atoms with Crippen LogP contribution in [0.25, 0.3) is 0 Å². The second kappa shape index (κ2) is 5.05. The van der Waals surface area contributed by atoms with Crippen molar-refractivity contribution in [2.45, 2.75) is 6.10 Å². The second-order valence-corrected chi connectivity index (χ2v) is 3.87. The highest BCUT2D eigenvalue weighted by Gasteiger charge is 2.28. The molecular weight excluding hydrogens is 236 g/mol. The number of amides is 2. The van der Waals surface area contributed by atoms with Crippen LogP contribution in [0, 0.1) is 0 Å². The Kier molecular flexibility index (Phi) is 3.47. The number of hydrogen-bond donors (Lipinski definition) is 2. The average Bonchev–Trinajstić information content (AvgIpc) is 2.83. The SMILES string of the molecule is COC(=O)C(O)c1ccccc1N1CCNC1=O. The van der Waals surface area contributed by atoms with Gasteiger partial charge in [-0.3, -0.25) is 4.90 Å². The van der Waals surface area contributed by atoms with Crippen LogP contribution in [0.2, 0.25) is 0 Å². The van der Waals surface area contributed by atoms with Crippen molar-refractivity contribution >= 4 is 17.7 Å². The third kappa shape index (κ3) is 2.14. The van der Waals surface area contributed by atoms with E-state index >= 15 is 0 Å². The average molecular weight is 250 g/mol. The zero-order valence-corrected chi connectivity index (χ0v) is 9.92. The Morgan fingerprint density at radius 1 is 1.50 bits per heavy atom. The van der Waals surface area contributed by atoms with Crippen molar-refractivity contribution in [1.82, 2.24) is 5.32 Å². The van der Waals surface area contributed by atoms with Gasteiger partial charge in [0.2, 0.25) is 0 Å². The molecule has 1 unspecified atom stereocenters. The van der Waals surface area contributed by atoms with Crippen molar-refractivity contribution in [1.29, 1.82) is 0 Å². The Labute approximate surface area is 104 Å². The van der Waals surface area contributed by atoms with Crippen molar-refractivity contribution in [3.05, 3.63) is 29.8 Å². The van der Waals surface area contributed by atoms with E-state index in [4.69, 9.17) is 0 Å². The van der Waals surface area contributed by atoms with Crippen molar-refractivity contribution < 1.29 is 19.4 Å². The number of nitrogens with zero attached hydrogens (tertiary/aromatic N) is 1. The van der Waals surface area contributed by atoms with E-state index in [0.717, 1.165) is 0 Å². The van der Waals surface area contributed by atoms with E-state index in [1.807, 2.05) is 0 Å². The number of esters is 1. The number of rotatable bonds is 3. The molecule has 1 aliphatic heterocycles. The highest BCUT2D eigenvalue weighted by molar-refractivity contribution is 5.95. The smallest absolute Gasteiger partial charge is 0.339 e. The van der Waals surface area contributed by atoms with E-state index in [-0.39, 0.29) is 6.03 Å². The first-order valence-corrected chi connectivity index (χ1v) is 5.55. The Bertz CT molecular complexity index is 475. The number of hydrogen-bond acceptors (Lipinski definition) is 4. The number of methoxy groups -OCH3 is 1. The number of urea groups is 1. The molecule has 6 heteroatoms. The van der Waals surface area contributed by atoms with Crippen molar-refractivity contribution in [2.75, 3.05) is 25.1 Å². The minimum Gasteiger partial charge on any atom is -0.467 e. The van der Waals surface area contributed by atoms with Crippen LogP contribution in [0.3, 0.4) is 0 Å². The summed E-state index contributed by atoms with van der Waals surface area (Å²) in [6, 6.07) is 6.49. The molecule has 0 bridgehead atoms. The molecular formula is C12H14N2O4. The maximum Gasteiger partial charge on any atom is 0.339 e. The van der Waals surface area contributed by atoms with E-state index in [0.29, 0.717) is 24.3 Å². The van der Waals surface area contributed by atoms with E-state index < -0.39 is 12.1 Å². The lowest BCUT2D eigenvalue weighted by atomic mass is 10.1. The number of benzene rings is 1. The second-order valence-electron chi connectivity index (χ2n) is 3.87. The summed E-state index contributed by atoms with van der Waals surface area (Å²) in [6.07, 6.45) is -1.39. The van der Waals surface area contributed by atoms with Gasteiger partial charge in [-0.05, 0) is 6.07 Å². The molecule has 6 nitrogen and oxygen atoms in total. The number of carbonyl (C=O) groups excluding carboxylic acids is 2. The number of anilines is 1. The molecule has 1 aliphatic rings. The van der Waals surface area contributed by atoms with Gasteiger partial charge in [0.05, 0.1) is 12.8 Å². The highest BCUT2D eigenvalue weighted by Crippen LogP contribution is 2.28. The normalized spacial score (nSPS) is 16.3. The minimum absolute atomic E-state index is 0.237. The molecule has 2 rings (SSSR count). The number of carbonyl (C=O) groups is 2. The van der Waals surface area contributed by atoms with E-state index in [2.05, 4.69) is 10.1 Å². The Morgan fingerprint density at radius 3 is 2.83 bits per heavy atom. The van der Waals surface area contributed by atoms with E-state index in [9.17, 15) is 14.7 Å². The number of aliphatic hydroxyl groups excluding tert-OH is 1. The van der Waals surface area contributed by atoms with Crippen LogP contribution in [-0.2, 0) is 9.53 Å². The van der Waals surface area contributed by atoms with Gasteiger partial charge in [0, 0.05) is 18.7 Å². The first-order chi connectivity index (χ1) is 8.65. The summed E-state index contributed by atoms with van der Waals surface area (Å²) in [4.78, 5) is 24.5. The largest absolute Gasteiger partial charge is 0.467 e. The van der Waals surface area contributed by atoms with Crippen LogP contribution in [0.4, 0.5) is 10.5 Å².